The number of hydrogen-bond donors (Lipinski definition) is 2. The minimum atomic E-state index is -0.789. The molecule has 0 radical (unpaired) electrons. The highest BCUT2D eigenvalue weighted by Crippen LogP contribution is 2.35. The minimum absolute atomic E-state index is 0.0443. The number of fused-ring (bicyclic) bond motifs is 1. The molecule has 0 spiro atoms. The van der Waals surface area contributed by atoms with Crippen molar-refractivity contribution in [3.8, 4) is 11.5 Å². The average Bonchev–Trinajstić information content (AvgIpc) is 2.77. The number of Topliss-reactive ketones (excluding diaryl/α,β-unsaturated/α-hetero) is 1. The van der Waals surface area contributed by atoms with Crippen LogP contribution < -0.4 is 20.1 Å². The Labute approximate surface area is 135 Å². The second-order valence-electron chi connectivity index (χ2n) is 5.42. The Morgan fingerprint density at radius 1 is 1.48 bits per heavy atom. The molecule has 6 nitrogen and oxygen atoms in total. The van der Waals surface area contributed by atoms with Crippen molar-refractivity contribution in [2.75, 3.05) is 13.3 Å². The topological polar surface area (TPSA) is 76.7 Å². The molecule has 21 heavy (non-hydrogen) atoms. The maximum Gasteiger partial charge on any atom is 0.330 e. The molecule has 0 aromatic heterocycles. The number of rotatable bonds is 3. The number of ether oxygens (including phenoxy) is 2. The second kappa shape index (κ2) is 4.92. The Balaban J connectivity index is 1.79. The Hall–Kier alpha value is -1.19. The number of carbonyl (C=O) groups excluding carboxylic acids is 2. The fourth-order valence-corrected chi connectivity index (χ4v) is 2.72. The molecule has 7 heteroatoms. The third kappa shape index (κ3) is 2.33. The number of nitrogens with one attached hydrogen (secondary N) is 2. The molecule has 2 aliphatic heterocycles. The number of carbonyl (C=O) groups is 2. The molecule has 0 bridgehead atoms. The molecule has 3 rings (SSSR count). The first-order valence-corrected chi connectivity index (χ1v) is 7.63. The van der Waals surface area contributed by atoms with E-state index in [1.165, 1.54) is 0 Å². The van der Waals surface area contributed by atoms with Crippen molar-refractivity contribution in [3.63, 3.8) is 0 Å². The van der Waals surface area contributed by atoms with Crippen LogP contribution in [0.4, 0.5) is 0 Å². The molecule has 0 saturated carbocycles. The van der Waals surface area contributed by atoms with Crippen LogP contribution in [-0.4, -0.2) is 34.1 Å². The van der Waals surface area contributed by atoms with Crippen LogP contribution in [0, 0.1) is 0 Å². The molecule has 0 amide bonds. The molecule has 112 valence electrons. The molecule has 2 aliphatic rings. The highest BCUT2D eigenvalue weighted by Gasteiger charge is 2.53. The van der Waals surface area contributed by atoms with E-state index in [4.69, 9.17) is 9.47 Å². The lowest BCUT2D eigenvalue weighted by Gasteiger charge is -2.49. The molecule has 1 aromatic rings. The number of benzene rings is 1. The van der Waals surface area contributed by atoms with Crippen molar-refractivity contribution in [2.24, 2.45) is 0 Å². The third-order valence-electron chi connectivity index (χ3n) is 4.03. The maximum absolute atomic E-state index is 12.4. The summed E-state index contributed by atoms with van der Waals surface area (Å²) in [5, 5.41) is 6.37. The van der Waals surface area contributed by atoms with Crippen molar-refractivity contribution in [1.29, 1.82) is 0 Å². The predicted molar refractivity (Wildman–Crippen MR) is 83.9 cm³/mol. The van der Waals surface area contributed by atoms with E-state index in [-0.39, 0.29) is 18.4 Å². The summed E-state index contributed by atoms with van der Waals surface area (Å²) < 4.78 is 9.86. The van der Waals surface area contributed by atoms with Gasteiger partial charge in [-0.1, -0.05) is 22.6 Å². The summed E-state index contributed by atoms with van der Waals surface area (Å²) >= 11 is 2.07. The smallest absolute Gasteiger partial charge is 0.330 e. The van der Waals surface area contributed by atoms with Crippen LogP contribution in [0.2, 0.25) is 0 Å². The first-order chi connectivity index (χ1) is 9.83. The summed E-state index contributed by atoms with van der Waals surface area (Å²) in [6.07, 6.45) is 0. The molecular weight excluding hydrogens is 387 g/mol. The number of ketones is 1. The van der Waals surface area contributed by atoms with E-state index in [0.717, 1.165) is 0 Å². The number of hydrogen-bond acceptors (Lipinski definition) is 6. The molecule has 1 fully saturated rings. The van der Waals surface area contributed by atoms with Gasteiger partial charge in [-0.25, -0.2) is 0 Å². The predicted octanol–water partition coefficient (Wildman–Crippen LogP) is 1.23. The molecule has 0 aliphatic carbocycles. The van der Waals surface area contributed by atoms with Crippen molar-refractivity contribution in [2.45, 2.75) is 22.9 Å². The highest BCUT2D eigenvalue weighted by atomic mass is 127. The molecular formula is C14H15IN2O4. The van der Waals surface area contributed by atoms with Gasteiger partial charge in [-0.3, -0.25) is 20.2 Å². The average molecular weight is 402 g/mol. The monoisotopic (exact) mass is 402 g/mol. The Bertz CT molecular complexity index is 625. The van der Waals surface area contributed by atoms with Gasteiger partial charge in [0.15, 0.2) is 6.61 Å². The summed E-state index contributed by atoms with van der Waals surface area (Å²) in [6, 6.07) is 4.83. The van der Waals surface area contributed by atoms with E-state index >= 15 is 0 Å². The van der Waals surface area contributed by atoms with Crippen molar-refractivity contribution in [1.82, 2.24) is 10.6 Å². The fraction of sp³-hybridized carbons (Fsp3) is 0.429. The Morgan fingerprint density at radius 3 is 2.81 bits per heavy atom. The first kappa shape index (κ1) is 14.7. The van der Waals surface area contributed by atoms with Crippen LogP contribution in [0.5, 0.6) is 11.5 Å². The largest absolute Gasteiger partial charge is 0.485 e. The van der Waals surface area contributed by atoms with E-state index in [2.05, 4.69) is 33.2 Å². The zero-order valence-corrected chi connectivity index (χ0v) is 13.8. The van der Waals surface area contributed by atoms with Gasteiger partial charge in [-0.2, -0.15) is 0 Å². The van der Waals surface area contributed by atoms with Crippen molar-refractivity contribution in [3.05, 3.63) is 23.8 Å². The summed E-state index contributed by atoms with van der Waals surface area (Å²) in [5.74, 6) is 0.403. The van der Waals surface area contributed by atoms with Crippen molar-refractivity contribution < 1.29 is 19.1 Å². The standard InChI is InChI=1S/C14H15IN2O4/c1-13(15,14(2)16-7-17-14)12(19)21-8-3-4-11-9(5-8)10(18)6-20-11/h3-5,16-17H,6-7H2,1-2H3. The van der Waals surface area contributed by atoms with Gasteiger partial charge in [-0.15, -0.1) is 0 Å². The minimum Gasteiger partial charge on any atom is -0.485 e. The summed E-state index contributed by atoms with van der Waals surface area (Å²) in [7, 11) is 0. The van der Waals surface area contributed by atoms with Crippen LogP contribution >= 0.6 is 22.6 Å². The number of halogens is 1. The lowest BCUT2D eigenvalue weighted by molar-refractivity contribution is -0.139. The maximum atomic E-state index is 12.4. The molecule has 1 unspecified atom stereocenters. The van der Waals surface area contributed by atoms with Gasteiger partial charge in [0, 0.05) is 6.67 Å². The van der Waals surface area contributed by atoms with Crippen LogP contribution in [0.25, 0.3) is 0 Å². The lowest BCUT2D eigenvalue weighted by atomic mass is 9.93. The Morgan fingerprint density at radius 2 is 2.19 bits per heavy atom. The van der Waals surface area contributed by atoms with E-state index in [0.29, 0.717) is 23.7 Å². The van der Waals surface area contributed by atoms with Crippen LogP contribution in [0.1, 0.15) is 24.2 Å². The second-order valence-corrected chi connectivity index (χ2v) is 7.58. The number of alkyl halides is 1. The zero-order valence-electron chi connectivity index (χ0n) is 11.7. The SMILES string of the molecule is CC1(C(C)(I)C(=O)Oc2ccc3c(c2)C(=O)CO3)NCN1. The van der Waals surface area contributed by atoms with Crippen molar-refractivity contribution >= 4 is 34.3 Å². The van der Waals surface area contributed by atoms with E-state index in [1.54, 1.807) is 25.1 Å². The zero-order chi connectivity index (χ0) is 15.3. The van der Waals surface area contributed by atoms with Gasteiger partial charge in [0.05, 0.1) is 11.2 Å². The molecule has 2 N–H and O–H groups in total. The van der Waals surface area contributed by atoms with E-state index in [1.807, 2.05) is 6.92 Å². The van der Waals surface area contributed by atoms with Gasteiger partial charge in [0.1, 0.15) is 14.9 Å². The van der Waals surface area contributed by atoms with Gasteiger partial charge < -0.3 is 9.47 Å². The lowest BCUT2D eigenvalue weighted by Crippen LogP contribution is -2.79. The third-order valence-corrected chi connectivity index (χ3v) is 5.55. The van der Waals surface area contributed by atoms with Gasteiger partial charge in [0.25, 0.3) is 0 Å². The molecule has 1 saturated heterocycles. The highest BCUT2D eigenvalue weighted by molar-refractivity contribution is 14.1. The van der Waals surface area contributed by atoms with Gasteiger partial charge in [0.2, 0.25) is 5.78 Å². The van der Waals surface area contributed by atoms with Gasteiger partial charge >= 0.3 is 5.97 Å². The first-order valence-electron chi connectivity index (χ1n) is 6.55. The Kier molecular flexibility index (Phi) is 3.45. The fourth-order valence-electron chi connectivity index (χ4n) is 2.23. The molecule has 2 heterocycles. The van der Waals surface area contributed by atoms with E-state index < -0.39 is 9.08 Å². The summed E-state index contributed by atoms with van der Waals surface area (Å²) in [5.41, 5.74) is -0.0538. The van der Waals surface area contributed by atoms with Crippen LogP contribution in [0.3, 0.4) is 0 Å². The molecule has 1 atom stereocenters. The number of esters is 1. The van der Waals surface area contributed by atoms with Gasteiger partial charge in [-0.05, 0) is 32.0 Å². The summed E-state index contributed by atoms with van der Waals surface area (Å²) in [4.78, 5) is 24.1. The molecule has 1 aromatic carbocycles. The van der Waals surface area contributed by atoms with Crippen LogP contribution in [-0.2, 0) is 4.79 Å². The van der Waals surface area contributed by atoms with Crippen LogP contribution in [0.15, 0.2) is 18.2 Å². The quantitative estimate of drug-likeness (QED) is 0.343. The summed E-state index contributed by atoms with van der Waals surface area (Å²) in [6.45, 7) is 4.41. The normalized spacial score (nSPS) is 21.8. The van der Waals surface area contributed by atoms with E-state index in [9.17, 15) is 9.59 Å².